The average Bonchev–Trinajstić information content (AvgIpc) is 2.48. The van der Waals surface area contributed by atoms with Gasteiger partial charge in [0, 0.05) is 25.7 Å². The normalized spacial score (nSPS) is 29.7. The van der Waals surface area contributed by atoms with E-state index in [-0.39, 0.29) is 6.54 Å². The summed E-state index contributed by atoms with van der Waals surface area (Å²) >= 11 is 0. The number of carboxylic acid groups (broad SMARTS) is 1. The first-order chi connectivity index (χ1) is 6.97. The molecule has 1 saturated heterocycles. The number of rotatable bonds is 4. The molecule has 1 fully saturated rings. The van der Waals surface area contributed by atoms with Gasteiger partial charge in [0.2, 0.25) is 0 Å². The first-order valence-electron chi connectivity index (χ1n) is 5.30. The molecule has 3 N–H and O–H groups in total. The Balaban J connectivity index is 2.64. The Labute approximate surface area is 90.8 Å². The third kappa shape index (κ3) is 2.68. The second-order valence-electron chi connectivity index (χ2n) is 4.55. The summed E-state index contributed by atoms with van der Waals surface area (Å²) in [5, 5.41) is 9.01. The van der Waals surface area contributed by atoms with Crippen molar-refractivity contribution in [3.05, 3.63) is 0 Å². The van der Waals surface area contributed by atoms with E-state index in [0.29, 0.717) is 12.0 Å². The van der Waals surface area contributed by atoms with Gasteiger partial charge in [-0.2, -0.15) is 0 Å². The molecule has 0 aliphatic carbocycles. The number of aliphatic carboxylic acids is 1. The van der Waals surface area contributed by atoms with E-state index in [1.165, 1.54) is 0 Å². The minimum atomic E-state index is -0.816. The van der Waals surface area contributed by atoms with Crippen LogP contribution in [0.4, 0.5) is 0 Å². The lowest BCUT2D eigenvalue weighted by molar-refractivity contribution is -0.142. The van der Waals surface area contributed by atoms with Crippen LogP contribution in [0.25, 0.3) is 0 Å². The van der Waals surface area contributed by atoms with E-state index >= 15 is 0 Å². The molecular weight excluding hydrogens is 194 g/mol. The first-order valence-corrected chi connectivity index (χ1v) is 5.30. The van der Waals surface area contributed by atoms with Crippen LogP contribution in [0.1, 0.15) is 6.92 Å². The second kappa shape index (κ2) is 4.92. The van der Waals surface area contributed by atoms with E-state index in [9.17, 15) is 4.79 Å². The summed E-state index contributed by atoms with van der Waals surface area (Å²) in [6, 6.07) is -0.101. The molecule has 1 heterocycles. The van der Waals surface area contributed by atoms with Gasteiger partial charge in [-0.3, -0.25) is 9.69 Å². The van der Waals surface area contributed by atoms with Crippen LogP contribution in [0.15, 0.2) is 0 Å². The summed E-state index contributed by atoms with van der Waals surface area (Å²) in [6.45, 7) is 3.95. The highest BCUT2D eigenvalue weighted by Crippen LogP contribution is 2.21. The molecule has 5 heteroatoms. The van der Waals surface area contributed by atoms with Crippen molar-refractivity contribution in [2.45, 2.75) is 19.0 Å². The Bertz CT molecular complexity index is 233. The average molecular weight is 215 g/mol. The van der Waals surface area contributed by atoms with E-state index in [2.05, 4.69) is 11.8 Å². The molecule has 0 aromatic rings. The second-order valence-corrected chi connectivity index (χ2v) is 4.55. The largest absolute Gasteiger partial charge is 0.480 e. The third-order valence-electron chi connectivity index (χ3n) is 3.21. The van der Waals surface area contributed by atoms with Crippen molar-refractivity contribution in [2.24, 2.45) is 11.7 Å². The Morgan fingerprint density at radius 1 is 1.60 bits per heavy atom. The predicted molar refractivity (Wildman–Crippen MR) is 58.7 cm³/mol. The monoisotopic (exact) mass is 215 g/mol. The smallest absolute Gasteiger partial charge is 0.322 e. The fourth-order valence-corrected chi connectivity index (χ4v) is 2.32. The van der Waals surface area contributed by atoms with Crippen molar-refractivity contribution in [2.75, 3.05) is 33.7 Å². The number of likely N-dealkylation sites (N-methyl/N-ethyl adjacent to an activating group) is 1. The zero-order valence-electron chi connectivity index (χ0n) is 9.68. The molecular formula is C10H21N3O2. The van der Waals surface area contributed by atoms with E-state index in [1.54, 1.807) is 0 Å². The van der Waals surface area contributed by atoms with Gasteiger partial charge < -0.3 is 15.7 Å². The molecule has 88 valence electrons. The summed E-state index contributed by atoms with van der Waals surface area (Å²) in [5.74, 6) is -0.322. The van der Waals surface area contributed by atoms with Crippen molar-refractivity contribution >= 4 is 5.97 Å². The molecule has 1 rings (SSSR count). The lowest BCUT2D eigenvalue weighted by Gasteiger charge is -2.24. The van der Waals surface area contributed by atoms with Gasteiger partial charge in [-0.1, -0.05) is 6.92 Å². The molecule has 1 aliphatic rings. The van der Waals surface area contributed by atoms with Crippen LogP contribution >= 0.6 is 0 Å². The molecule has 0 saturated carbocycles. The van der Waals surface area contributed by atoms with Gasteiger partial charge in [0.05, 0.1) is 0 Å². The van der Waals surface area contributed by atoms with Crippen molar-refractivity contribution in [1.82, 2.24) is 9.80 Å². The van der Waals surface area contributed by atoms with Crippen LogP contribution < -0.4 is 5.73 Å². The van der Waals surface area contributed by atoms with Crippen molar-refractivity contribution < 1.29 is 9.90 Å². The Kier molecular flexibility index (Phi) is 4.07. The van der Waals surface area contributed by atoms with Crippen molar-refractivity contribution in [1.29, 1.82) is 0 Å². The maximum atomic E-state index is 11.0. The fraction of sp³-hybridized carbons (Fsp3) is 0.900. The van der Waals surface area contributed by atoms with Gasteiger partial charge in [-0.25, -0.2) is 0 Å². The van der Waals surface area contributed by atoms with Crippen LogP contribution in [0.5, 0.6) is 0 Å². The van der Waals surface area contributed by atoms with Gasteiger partial charge in [0.25, 0.3) is 0 Å². The molecule has 5 nitrogen and oxygen atoms in total. The SMILES string of the molecule is CC1CN(C(CN)C(=O)O)CC1N(C)C. The van der Waals surface area contributed by atoms with Gasteiger partial charge in [-0.05, 0) is 20.0 Å². The van der Waals surface area contributed by atoms with Gasteiger partial charge in [0.15, 0.2) is 0 Å². The highest BCUT2D eigenvalue weighted by molar-refractivity contribution is 5.73. The lowest BCUT2D eigenvalue weighted by Crippen LogP contribution is -2.46. The molecule has 0 radical (unpaired) electrons. The van der Waals surface area contributed by atoms with Crippen LogP contribution in [0.2, 0.25) is 0 Å². The summed E-state index contributed by atoms with van der Waals surface area (Å²) in [4.78, 5) is 15.1. The molecule has 1 aliphatic heterocycles. The maximum absolute atomic E-state index is 11.0. The van der Waals surface area contributed by atoms with Gasteiger partial charge in [-0.15, -0.1) is 0 Å². The number of carboxylic acids is 1. The van der Waals surface area contributed by atoms with Crippen molar-refractivity contribution in [3.63, 3.8) is 0 Å². The zero-order chi connectivity index (χ0) is 11.6. The van der Waals surface area contributed by atoms with E-state index in [0.717, 1.165) is 13.1 Å². The van der Waals surface area contributed by atoms with E-state index in [4.69, 9.17) is 10.8 Å². The quantitative estimate of drug-likeness (QED) is 0.647. The molecule has 0 aromatic heterocycles. The van der Waals surface area contributed by atoms with E-state index in [1.807, 2.05) is 19.0 Å². The fourth-order valence-electron chi connectivity index (χ4n) is 2.32. The summed E-state index contributed by atoms with van der Waals surface area (Å²) in [5.41, 5.74) is 5.48. The Morgan fingerprint density at radius 3 is 2.53 bits per heavy atom. The standard InChI is InChI=1S/C10H21N3O2/c1-7-5-13(6-9(7)12(2)3)8(4-11)10(14)15/h7-9H,4-6,11H2,1-3H3,(H,14,15). The van der Waals surface area contributed by atoms with Crippen LogP contribution in [0.3, 0.4) is 0 Å². The molecule has 15 heavy (non-hydrogen) atoms. The highest BCUT2D eigenvalue weighted by atomic mass is 16.4. The van der Waals surface area contributed by atoms with Crippen LogP contribution in [-0.2, 0) is 4.79 Å². The molecule has 0 spiro atoms. The topological polar surface area (TPSA) is 69.8 Å². The van der Waals surface area contributed by atoms with Crippen LogP contribution in [0, 0.1) is 5.92 Å². The zero-order valence-corrected chi connectivity index (χ0v) is 9.68. The Morgan fingerprint density at radius 2 is 2.20 bits per heavy atom. The number of nitrogens with zero attached hydrogens (tertiary/aromatic N) is 2. The maximum Gasteiger partial charge on any atom is 0.322 e. The first kappa shape index (κ1) is 12.4. The number of likely N-dealkylation sites (tertiary alicyclic amines) is 1. The number of carbonyl (C=O) groups is 1. The van der Waals surface area contributed by atoms with E-state index < -0.39 is 12.0 Å². The summed E-state index contributed by atoms with van der Waals surface area (Å²) in [6.07, 6.45) is 0. The molecule has 3 unspecified atom stereocenters. The van der Waals surface area contributed by atoms with Gasteiger partial charge >= 0.3 is 5.97 Å². The lowest BCUT2D eigenvalue weighted by atomic mass is 10.1. The molecule has 0 aromatic carbocycles. The molecule has 3 atom stereocenters. The molecule has 0 bridgehead atoms. The minimum absolute atomic E-state index is 0.183. The van der Waals surface area contributed by atoms with Crippen molar-refractivity contribution in [3.8, 4) is 0 Å². The Hall–Kier alpha value is -0.650. The highest BCUT2D eigenvalue weighted by Gasteiger charge is 2.36. The number of nitrogens with two attached hydrogens (primary N) is 1. The minimum Gasteiger partial charge on any atom is -0.480 e. The third-order valence-corrected chi connectivity index (χ3v) is 3.21. The summed E-state index contributed by atoms with van der Waals surface area (Å²) < 4.78 is 0. The predicted octanol–water partition coefficient (Wildman–Crippen LogP) is -0.720. The van der Waals surface area contributed by atoms with Gasteiger partial charge in [0.1, 0.15) is 6.04 Å². The van der Waals surface area contributed by atoms with Crippen LogP contribution in [-0.4, -0.2) is 66.7 Å². The number of hydrogen-bond acceptors (Lipinski definition) is 4. The summed E-state index contributed by atoms with van der Waals surface area (Å²) in [7, 11) is 4.06. The number of hydrogen-bond donors (Lipinski definition) is 2. The molecule has 0 amide bonds.